The van der Waals surface area contributed by atoms with Gasteiger partial charge in [0.25, 0.3) is 20.2 Å². The largest absolute Gasteiger partial charge is 0.390 e. The predicted octanol–water partition coefficient (Wildman–Crippen LogP) is 6.18. The van der Waals surface area contributed by atoms with Crippen LogP contribution in [0.5, 0.6) is 0 Å². The third-order valence-corrected chi connectivity index (χ3v) is 17.1. The topological polar surface area (TPSA) is 263 Å². The first-order valence-corrected chi connectivity index (χ1v) is 24.8. The lowest BCUT2D eigenvalue weighted by molar-refractivity contribution is -0.432. The van der Waals surface area contributed by atoms with Crippen molar-refractivity contribution in [3.05, 3.63) is 0 Å². The van der Waals surface area contributed by atoms with E-state index in [1.54, 1.807) is 7.11 Å². The van der Waals surface area contributed by atoms with Crippen LogP contribution in [0.1, 0.15) is 122 Å². The first-order chi connectivity index (χ1) is 27.2. The van der Waals surface area contributed by atoms with Gasteiger partial charge in [-0.2, -0.15) is 47.5 Å². The molecule has 0 aliphatic heterocycles. The quantitative estimate of drug-likeness (QED) is 0.0430. The van der Waals surface area contributed by atoms with E-state index in [2.05, 4.69) is 42.1 Å². The Labute approximate surface area is 341 Å². The van der Waals surface area contributed by atoms with Crippen molar-refractivity contribution in [3.63, 3.8) is 0 Å². The molecular weight excluding hydrogens is 803 g/mol. The van der Waals surface area contributed by atoms with Crippen molar-refractivity contribution in [2.75, 3.05) is 7.11 Å². The molecule has 326 valence electrons. The summed E-state index contributed by atoms with van der Waals surface area (Å²) in [4.78, 5) is 0. The van der Waals surface area contributed by atoms with Crippen LogP contribution in [0.4, 0.5) is 0 Å². The average Bonchev–Trinajstić information content (AvgIpc) is 3.18. The molecule has 16 atom stereocenters. The van der Waals surface area contributed by atoms with E-state index in [4.69, 9.17) is 20.2 Å². The molecule has 6 aliphatic rings. The van der Waals surface area contributed by atoms with Gasteiger partial charge in [0.15, 0.2) is 0 Å². The summed E-state index contributed by atoms with van der Waals surface area (Å²) in [5.74, 6) is -0.204. The average molecular weight is 866 g/mol. The van der Waals surface area contributed by atoms with Crippen LogP contribution in [-0.4, -0.2) is 120 Å². The molecule has 0 aromatic heterocycles. The van der Waals surface area contributed by atoms with Gasteiger partial charge in [0, 0.05) is 36.5 Å². The van der Waals surface area contributed by atoms with Crippen LogP contribution >= 0.6 is 12.0 Å². The van der Waals surface area contributed by atoms with E-state index in [1.165, 1.54) is 0 Å². The standard InChI is InChI=1S/C36H63N7O11S3/c1-21-15-26(11-13-31(21)41-42-32-14-12-27(20-33(32)52-2)39-38-25-6-3-7-28(17-25)55-54-53-45)40-43-35-34(57(49,50)51)16-22-9-10-24(19-30(22)36(35)44)37-23-5-4-8-29(18-23)56(46,47)48/h21-37,44-45H,3-20H2,1-2H3,(H,46,47,48)(H,49,50,51). The van der Waals surface area contributed by atoms with Crippen molar-refractivity contribution in [2.24, 2.45) is 48.4 Å². The smallest absolute Gasteiger partial charge is 0.270 e. The zero-order chi connectivity index (χ0) is 40.7. The maximum Gasteiger partial charge on any atom is 0.270 e. The summed E-state index contributed by atoms with van der Waals surface area (Å²) in [5, 5.41) is 53.6. The number of aliphatic hydroxyl groups is 1. The molecule has 6 saturated carbocycles. The third-order valence-electron chi connectivity index (χ3n) is 13.7. The van der Waals surface area contributed by atoms with E-state index >= 15 is 0 Å². The molecule has 6 fully saturated rings. The summed E-state index contributed by atoms with van der Waals surface area (Å²) < 4.78 is 79.1. The van der Waals surface area contributed by atoms with E-state index in [-0.39, 0.29) is 77.8 Å². The van der Waals surface area contributed by atoms with E-state index < -0.39 is 42.9 Å². The zero-order valence-electron chi connectivity index (χ0n) is 33.0. The highest BCUT2D eigenvalue weighted by Gasteiger charge is 2.51. The SMILES string of the molecule is COC1CC(N=NC2CCCC(SOOO)C2)CCC1N=NC1CCC(N=NC2C(O)C3CC(NC4CCCC(S(=O)(=O)O)C4)CCC3CC2S(=O)(=O)O)CC1C. The molecule has 57 heavy (non-hydrogen) atoms. The van der Waals surface area contributed by atoms with Crippen LogP contribution in [0, 0.1) is 17.8 Å². The summed E-state index contributed by atoms with van der Waals surface area (Å²) in [6.07, 6.45) is 11.4. The van der Waals surface area contributed by atoms with Crippen molar-refractivity contribution in [2.45, 2.75) is 199 Å². The molecule has 16 unspecified atom stereocenters. The third kappa shape index (κ3) is 12.4. The van der Waals surface area contributed by atoms with Crippen molar-refractivity contribution in [3.8, 4) is 0 Å². The molecule has 0 bridgehead atoms. The fourth-order valence-electron chi connectivity index (χ4n) is 10.5. The number of methoxy groups -OCH3 is 1. The number of ether oxygens (including phenoxy) is 1. The second-order valence-electron chi connectivity index (χ2n) is 17.6. The number of nitrogens with one attached hydrogen (secondary N) is 1. The van der Waals surface area contributed by atoms with Crippen LogP contribution in [0.2, 0.25) is 0 Å². The van der Waals surface area contributed by atoms with Gasteiger partial charge in [0.05, 0.1) is 47.7 Å². The van der Waals surface area contributed by atoms with Gasteiger partial charge in [-0.3, -0.25) is 9.11 Å². The van der Waals surface area contributed by atoms with Gasteiger partial charge < -0.3 is 15.2 Å². The minimum Gasteiger partial charge on any atom is -0.390 e. The molecule has 0 aromatic carbocycles. The van der Waals surface area contributed by atoms with Gasteiger partial charge in [-0.15, -0.1) is 4.33 Å². The number of fused-ring (bicyclic) bond motifs is 1. The van der Waals surface area contributed by atoms with Crippen molar-refractivity contribution < 1.29 is 50.4 Å². The second-order valence-corrected chi connectivity index (χ2v) is 21.9. The molecule has 0 radical (unpaired) electrons. The summed E-state index contributed by atoms with van der Waals surface area (Å²) >= 11 is 1.12. The predicted molar refractivity (Wildman–Crippen MR) is 211 cm³/mol. The fourth-order valence-corrected chi connectivity index (χ4v) is 13.2. The molecule has 0 aromatic rings. The molecular formula is C36H63N7O11S3. The summed E-state index contributed by atoms with van der Waals surface area (Å²) in [6.45, 7) is 2.11. The Balaban J connectivity index is 0.995. The molecule has 6 aliphatic carbocycles. The van der Waals surface area contributed by atoms with Crippen LogP contribution in [0.3, 0.4) is 0 Å². The second kappa shape index (κ2) is 20.5. The number of aliphatic hydroxyl groups excluding tert-OH is 1. The van der Waals surface area contributed by atoms with Crippen molar-refractivity contribution in [1.29, 1.82) is 0 Å². The fraction of sp³-hybridized carbons (Fsp3) is 1.00. The number of nitrogens with zero attached hydrogens (tertiary/aromatic N) is 6. The highest BCUT2D eigenvalue weighted by Crippen LogP contribution is 2.44. The van der Waals surface area contributed by atoms with Gasteiger partial charge in [-0.1, -0.05) is 24.8 Å². The Kier molecular flexibility index (Phi) is 16.3. The Bertz CT molecular complexity index is 1610. The maximum atomic E-state index is 12.6. The van der Waals surface area contributed by atoms with E-state index in [1.807, 2.05) is 0 Å². The molecule has 6 rings (SSSR count). The first kappa shape index (κ1) is 45.3. The Hall–Kier alpha value is -1.27. The normalized spacial score (nSPS) is 42.8. The highest BCUT2D eigenvalue weighted by atomic mass is 32.2. The molecule has 0 amide bonds. The summed E-state index contributed by atoms with van der Waals surface area (Å²) in [6, 6.07) is -1.23. The van der Waals surface area contributed by atoms with Crippen molar-refractivity contribution >= 4 is 32.3 Å². The lowest BCUT2D eigenvalue weighted by atomic mass is 9.66. The molecule has 18 nitrogen and oxygen atoms in total. The highest BCUT2D eigenvalue weighted by molar-refractivity contribution is 7.95. The van der Waals surface area contributed by atoms with Gasteiger partial charge in [-0.25, -0.2) is 5.26 Å². The van der Waals surface area contributed by atoms with Gasteiger partial charge >= 0.3 is 0 Å². The van der Waals surface area contributed by atoms with Crippen LogP contribution in [0.15, 0.2) is 30.7 Å². The van der Waals surface area contributed by atoms with Crippen LogP contribution in [-0.2, 0) is 34.3 Å². The van der Waals surface area contributed by atoms with E-state index in [0.29, 0.717) is 51.4 Å². The minimum absolute atomic E-state index is 0.00102. The van der Waals surface area contributed by atoms with Crippen LogP contribution in [0.25, 0.3) is 0 Å². The summed E-state index contributed by atoms with van der Waals surface area (Å²) in [7, 11) is -6.92. The van der Waals surface area contributed by atoms with Gasteiger partial charge in [-0.05, 0) is 120 Å². The van der Waals surface area contributed by atoms with Gasteiger partial charge in [0.1, 0.15) is 11.3 Å². The minimum atomic E-state index is -4.50. The zero-order valence-corrected chi connectivity index (χ0v) is 35.5. The molecule has 21 heteroatoms. The van der Waals surface area contributed by atoms with E-state index in [9.17, 15) is 31.0 Å². The number of hydrogen-bond donors (Lipinski definition) is 5. The molecule has 0 heterocycles. The summed E-state index contributed by atoms with van der Waals surface area (Å²) in [5.41, 5.74) is 0. The van der Waals surface area contributed by atoms with E-state index in [0.717, 1.165) is 69.8 Å². The number of rotatable bonds is 14. The maximum absolute atomic E-state index is 12.6. The lowest BCUT2D eigenvalue weighted by Crippen LogP contribution is -2.56. The number of azo groups is 3. The van der Waals surface area contributed by atoms with Crippen LogP contribution < -0.4 is 5.32 Å². The Morgan fingerprint density at radius 1 is 0.667 bits per heavy atom. The molecule has 0 spiro atoms. The molecule has 5 N–H and O–H groups in total. The lowest BCUT2D eigenvalue weighted by Gasteiger charge is -2.47. The Morgan fingerprint density at radius 2 is 1.33 bits per heavy atom. The molecule has 0 saturated heterocycles. The number of hydrogen-bond acceptors (Lipinski definition) is 17. The van der Waals surface area contributed by atoms with Gasteiger partial charge in [0.2, 0.25) is 0 Å². The monoisotopic (exact) mass is 865 g/mol. The Morgan fingerprint density at radius 3 is 2.04 bits per heavy atom. The first-order valence-electron chi connectivity index (χ1n) is 20.9. The van der Waals surface area contributed by atoms with Crippen molar-refractivity contribution in [1.82, 2.24) is 5.32 Å².